The molecular formula is C29H37ClN2O6. The third-order valence-corrected chi connectivity index (χ3v) is 8.22. The molecule has 3 saturated heterocycles. The molecule has 1 aromatic rings. The van der Waals surface area contributed by atoms with Gasteiger partial charge >= 0.3 is 5.97 Å². The van der Waals surface area contributed by atoms with Gasteiger partial charge in [0.15, 0.2) is 0 Å². The van der Waals surface area contributed by atoms with E-state index < -0.39 is 35.6 Å². The molecule has 2 unspecified atom stereocenters. The Morgan fingerprint density at radius 2 is 1.97 bits per heavy atom. The highest BCUT2D eigenvalue weighted by molar-refractivity contribution is 6.34. The number of ether oxygens (including phenoxy) is 2. The Balaban J connectivity index is 1.68. The fourth-order valence-corrected chi connectivity index (χ4v) is 6.52. The molecule has 4 rings (SSSR count). The van der Waals surface area contributed by atoms with Crippen molar-refractivity contribution in [3.05, 3.63) is 54.6 Å². The van der Waals surface area contributed by atoms with Crippen LogP contribution >= 0.6 is 11.6 Å². The minimum absolute atomic E-state index is 0.119. The number of anilines is 1. The average molecular weight is 545 g/mol. The van der Waals surface area contributed by atoms with Crippen LogP contribution in [0.15, 0.2) is 49.6 Å². The van der Waals surface area contributed by atoms with E-state index in [1.54, 1.807) is 46.2 Å². The second-order valence-corrected chi connectivity index (χ2v) is 10.6. The Hall–Kier alpha value is -2.68. The Labute approximate surface area is 229 Å². The second kappa shape index (κ2) is 12.5. The number of fused-ring (bicyclic) bond motifs is 1. The number of hydrogen-bond acceptors (Lipinski definition) is 6. The topological polar surface area (TPSA) is 96.4 Å². The van der Waals surface area contributed by atoms with Gasteiger partial charge in [0, 0.05) is 19.7 Å². The normalized spacial score (nSPS) is 27.3. The maximum absolute atomic E-state index is 14.4. The van der Waals surface area contributed by atoms with E-state index >= 15 is 0 Å². The van der Waals surface area contributed by atoms with Crippen molar-refractivity contribution in [2.45, 2.75) is 62.7 Å². The van der Waals surface area contributed by atoms with Crippen LogP contribution in [0, 0.1) is 11.8 Å². The van der Waals surface area contributed by atoms with Crippen molar-refractivity contribution in [3.8, 4) is 0 Å². The van der Waals surface area contributed by atoms with Gasteiger partial charge in [0.05, 0.1) is 35.3 Å². The molecule has 3 aliphatic rings. The summed E-state index contributed by atoms with van der Waals surface area (Å²) in [6.07, 6.45) is 7.42. The van der Waals surface area contributed by atoms with Crippen molar-refractivity contribution >= 4 is 35.1 Å². The van der Waals surface area contributed by atoms with E-state index in [9.17, 15) is 14.4 Å². The standard InChI is InChI=1S/C29H37ClN2O6/c1-3-5-19-37-28(36)23-22-14-15-29(38-22)24(23)26(34)32(17-10-6-7-11-18-33)25(29)27(35)31(16-4-2)21-13-9-8-12-20(21)30/h3-4,8-9,12-13,22-25,33H,1-2,5-7,10-11,14-19H2/t22-,23+,24+,25?,29?/m1/s1. The summed E-state index contributed by atoms with van der Waals surface area (Å²) in [5, 5.41) is 9.53. The number of likely N-dealkylation sites (tertiary alicyclic amines) is 1. The Morgan fingerprint density at radius 1 is 1.21 bits per heavy atom. The van der Waals surface area contributed by atoms with Crippen molar-refractivity contribution in [2.75, 3.05) is 31.2 Å². The van der Waals surface area contributed by atoms with Crippen molar-refractivity contribution < 1.29 is 29.0 Å². The van der Waals surface area contributed by atoms with E-state index in [-0.39, 0.29) is 31.6 Å². The van der Waals surface area contributed by atoms with Crippen LogP contribution in [0.4, 0.5) is 5.69 Å². The zero-order valence-corrected chi connectivity index (χ0v) is 22.5. The highest BCUT2D eigenvalue weighted by atomic mass is 35.5. The van der Waals surface area contributed by atoms with Crippen LogP contribution in [0.3, 0.4) is 0 Å². The molecule has 1 spiro atoms. The lowest BCUT2D eigenvalue weighted by molar-refractivity contribution is -0.155. The number of amides is 2. The highest BCUT2D eigenvalue weighted by Crippen LogP contribution is 2.59. The first-order valence-corrected chi connectivity index (χ1v) is 13.8. The van der Waals surface area contributed by atoms with Gasteiger partial charge in [-0.3, -0.25) is 14.4 Å². The summed E-state index contributed by atoms with van der Waals surface area (Å²) in [5.41, 5.74) is -0.575. The van der Waals surface area contributed by atoms with E-state index in [1.165, 1.54) is 0 Å². The van der Waals surface area contributed by atoms with Crippen LogP contribution in [0.5, 0.6) is 0 Å². The van der Waals surface area contributed by atoms with Gasteiger partial charge in [0.25, 0.3) is 5.91 Å². The van der Waals surface area contributed by atoms with Crippen molar-refractivity contribution in [3.63, 3.8) is 0 Å². The van der Waals surface area contributed by atoms with Crippen molar-refractivity contribution in [1.29, 1.82) is 0 Å². The van der Waals surface area contributed by atoms with Crippen LogP contribution in [0.1, 0.15) is 44.9 Å². The number of halogens is 1. The van der Waals surface area contributed by atoms with Crippen molar-refractivity contribution in [1.82, 2.24) is 4.90 Å². The maximum atomic E-state index is 14.4. The summed E-state index contributed by atoms with van der Waals surface area (Å²) < 4.78 is 12.0. The molecule has 2 amide bonds. The second-order valence-electron chi connectivity index (χ2n) is 10.2. The molecule has 8 nitrogen and oxygen atoms in total. The molecule has 3 aliphatic heterocycles. The van der Waals surface area contributed by atoms with Gasteiger partial charge in [-0.15, -0.1) is 13.2 Å². The number of benzene rings is 1. The number of aliphatic hydroxyl groups excluding tert-OH is 1. The molecule has 0 aliphatic carbocycles. The summed E-state index contributed by atoms with van der Waals surface area (Å²) >= 11 is 6.49. The van der Waals surface area contributed by atoms with Gasteiger partial charge in [-0.05, 0) is 44.2 Å². The van der Waals surface area contributed by atoms with E-state index in [1.807, 2.05) is 0 Å². The number of unbranched alkanes of at least 4 members (excludes halogenated alkanes) is 3. The Kier molecular flexibility index (Phi) is 9.28. The van der Waals surface area contributed by atoms with Gasteiger partial charge in [0.1, 0.15) is 11.6 Å². The number of carbonyl (C=O) groups is 3. The highest BCUT2D eigenvalue weighted by Gasteiger charge is 2.75. The number of aliphatic hydroxyl groups is 1. The first kappa shape index (κ1) is 28.3. The van der Waals surface area contributed by atoms with Gasteiger partial charge < -0.3 is 24.4 Å². The number of hydrogen-bond donors (Lipinski definition) is 1. The molecule has 0 radical (unpaired) electrons. The lowest BCUT2D eigenvalue weighted by atomic mass is 9.70. The monoisotopic (exact) mass is 544 g/mol. The molecular weight excluding hydrogens is 508 g/mol. The molecule has 5 atom stereocenters. The zero-order valence-electron chi connectivity index (χ0n) is 21.7. The molecule has 9 heteroatoms. The summed E-state index contributed by atoms with van der Waals surface area (Å²) in [5.74, 6) is -2.52. The zero-order chi connectivity index (χ0) is 27.3. The SMILES string of the molecule is C=CCCOC(=O)[C@@H]1[C@H]2C(=O)N(CCCCCCO)C(C(=O)N(CC=C)c3ccccc3Cl)C23CC[C@H]1O3. The maximum Gasteiger partial charge on any atom is 0.312 e. The molecule has 206 valence electrons. The van der Waals surface area contributed by atoms with Crippen LogP contribution in [0.2, 0.25) is 5.02 Å². The predicted molar refractivity (Wildman–Crippen MR) is 145 cm³/mol. The number of carbonyl (C=O) groups excluding carboxylic acids is 3. The Morgan fingerprint density at radius 3 is 2.68 bits per heavy atom. The quantitative estimate of drug-likeness (QED) is 0.217. The molecule has 0 saturated carbocycles. The fraction of sp³-hybridized carbons (Fsp3) is 0.552. The smallest absolute Gasteiger partial charge is 0.312 e. The first-order chi connectivity index (χ1) is 18.4. The summed E-state index contributed by atoms with van der Waals surface area (Å²) in [4.78, 5) is 44.7. The van der Waals surface area contributed by atoms with Gasteiger partial charge in [-0.1, -0.05) is 48.7 Å². The van der Waals surface area contributed by atoms with E-state index in [0.717, 1.165) is 12.8 Å². The van der Waals surface area contributed by atoms with Crippen LogP contribution in [0.25, 0.3) is 0 Å². The third kappa shape index (κ3) is 5.14. The third-order valence-electron chi connectivity index (χ3n) is 7.90. The summed E-state index contributed by atoms with van der Waals surface area (Å²) in [6.45, 7) is 8.35. The molecule has 3 heterocycles. The summed E-state index contributed by atoms with van der Waals surface area (Å²) in [6, 6.07) is 6.18. The average Bonchev–Trinajstić information content (AvgIpc) is 3.55. The van der Waals surface area contributed by atoms with E-state index in [0.29, 0.717) is 49.4 Å². The molecule has 1 N–H and O–H groups in total. The van der Waals surface area contributed by atoms with Gasteiger partial charge in [0.2, 0.25) is 5.91 Å². The largest absolute Gasteiger partial charge is 0.465 e. The van der Waals surface area contributed by atoms with Gasteiger partial charge in [-0.25, -0.2) is 0 Å². The molecule has 38 heavy (non-hydrogen) atoms. The molecule has 3 fully saturated rings. The number of para-hydroxylation sites is 1. The Bertz CT molecular complexity index is 1060. The van der Waals surface area contributed by atoms with Crippen LogP contribution in [-0.4, -0.2) is 71.8 Å². The molecule has 1 aromatic carbocycles. The summed E-state index contributed by atoms with van der Waals surface area (Å²) in [7, 11) is 0. The number of rotatable bonds is 14. The molecule has 2 bridgehead atoms. The van der Waals surface area contributed by atoms with E-state index in [2.05, 4.69) is 13.2 Å². The van der Waals surface area contributed by atoms with Crippen molar-refractivity contribution in [2.24, 2.45) is 11.8 Å². The minimum Gasteiger partial charge on any atom is -0.465 e. The van der Waals surface area contributed by atoms with Gasteiger partial charge in [-0.2, -0.15) is 0 Å². The number of nitrogens with zero attached hydrogens (tertiary/aromatic N) is 2. The fourth-order valence-electron chi connectivity index (χ4n) is 6.28. The minimum atomic E-state index is -1.10. The van der Waals surface area contributed by atoms with E-state index in [4.69, 9.17) is 26.2 Å². The number of esters is 1. The first-order valence-electron chi connectivity index (χ1n) is 13.4. The predicted octanol–water partition coefficient (Wildman–Crippen LogP) is 3.91. The lowest BCUT2D eigenvalue weighted by Crippen LogP contribution is -2.56. The lowest BCUT2D eigenvalue weighted by Gasteiger charge is -2.37. The van der Waals surface area contributed by atoms with Crippen LogP contribution in [-0.2, 0) is 23.9 Å². The van der Waals surface area contributed by atoms with Crippen LogP contribution < -0.4 is 4.90 Å². The molecule has 0 aromatic heterocycles.